The Hall–Kier alpha value is -1.45. The normalized spacial score (nSPS) is 11.4. The highest BCUT2D eigenvalue weighted by atomic mass is 16.4. The monoisotopic (exact) mass is 208 g/mol. The van der Waals surface area contributed by atoms with Crippen LogP contribution in [0.15, 0.2) is 12.4 Å². The summed E-state index contributed by atoms with van der Waals surface area (Å²) >= 11 is 0. The van der Waals surface area contributed by atoms with Gasteiger partial charge in [-0.1, -0.05) is 20.8 Å². The van der Waals surface area contributed by atoms with E-state index >= 15 is 0 Å². The maximum Gasteiger partial charge on any atom is 0.373 e. The van der Waals surface area contributed by atoms with Crippen LogP contribution in [0.3, 0.4) is 0 Å². The van der Waals surface area contributed by atoms with Gasteiger partial charge in [0.1, 0.15) is 0 Å². The number of carboxylic acid groups (broad SMARTS) is 1. The lowest BCUT2D eigenvalue weighted by atomic mass is 9.79. The van der Waals surface area contributed by atoms with Gasteiger partial charge in [-0.05, 0) is 23.8 Å². The SMILES string of the molecule is CCC(C)(CC)c1cnc(C(=O)O)nc1. The number of carboxylic acids is 1. The molecule has 0 amide bonds. The molecule has 15 heavy (non-hydrogen) atoms. The minimum absolute atomic E-state index is 0.0387. The van der Waals surface area contributed by atoms with Gasteiger partial charge >= 0.3 is 5.97 Å². The molecule has 0 atom stereocenters. The van der Waals surface area contributed by atoms with Gasteiger partial charge in [0, 0.05) is 12.4 Å². The number of aromatic carboxylic acids is 1. The van der Waals surface area contributed by atoms with E-state index in [1.807, 2.05) is 0 Å². The Morgan fingerprint density at radius 1 is 1.33 bits per heavy atom. The third-order valence-electron chi connectivity index (χ3n) is 3.10. The number of nitrogens with zero attached hydrogens (tertiary/aromatic N) is 2. The zero-order valence-corrected chi connectivity index (χ0v) is 9.32. The van der Waals surface area contributed by atoms with Crippen LogP contribution < -0.4 is 0 Å². The Kier molecular flexibility index (Phi) is 3.39. The first-order valence-electron chi connectivity index (χ1n) is 5.09. The van der Waals surface area contributed by atoms with Crippen LogP contribution in [-0.4, -0.2) is 21.0 Å². The van der Waals surface area contributed by atoms with Crippen molar-refractivity contribution in [1.29, 1.82) is 0 Å². The van der Waals surface area contributed by atoms with Crippen LogP contribution in [0, 0.1) is 0 Å². The molecule has 1 aromatic rings. The van der Waals surface area contributed by atoms with Crippen LogP contribution in [0.5, 0.6) is 0 Å². The molecule has 0 saturated carbocycles. The van der Waals surface area contributed by atoms with Gasteiger partial charge in [-0.3, -0.25) is 0 Å². The van der Waals surface area contributed by atoms with E-state index in [9.17, 15) is 4.79 Å². The fourth-order valence-electron chi connectivity index (χ4n) is 1.41. The Bertz CT molecular complexity index is 342. The molecule has 1 heterocycles. The van der Waals surface area contributed by atoms with Crippen molar-refractivity contribution >= 4 is 5.97 Å². The quantitative estimate of drug-likeness (QED) is 0.824. The van der Waals surface area contributed by atoms with Crippen LogP contribution >= 0.6 is 0 Å². The fraction of sp³-hybridized carbons (Fsp3) is 0.545. The van der Waals surface area contributed by atoms with Gasteiger partial charge in [0.15, 0.2) is 0 Å². The molecular formula is C11H16N2O2. The lowest BCUT2D eigenvalue weighted by Gasteiger charge is -2.26. The van der Waals surface area contributed by atoms with Gasteiger partial charge in [0.2, 0.25) is 5.82 Å². The van der Waals surface area contributed by atoms with Crippen LogP contribution in [0.25, 0.3) is 0 Å². The summed E-state index contributed by atoms with van der Waals surface area (Å²) in [5, 5.41) is 8.67. The van der Waals surface area contributed by atoms with E-state index in [2.05, 4.69) is 30.7 Å². The highest BCUT2D eigenvalue weighted by molar-refractivity contribution is 5.82. The second kappa shape index (κ2) is 4.38. The Morgan fingerprint density at radius 2 is 1.80 bits per heavy atom. The molecule has 4 nitrogen and oxygen atoms in total. The predicted octanol–water partition coefficient (Wildman–Crippen LogP) is 2.25. The zero-order chi connectivity index (χ0) is 11.5. The first kappa shape index (κ1) is 11.6. The van der Waals surface area contributed by atoms with Gasteiger partial charge in [0.05, 0.1) is 0 Å². The molecule has 1 N–H and O–H groups in total. The third-order valence-corrected chi connectivity index (χ3v) is 3.10. The summed E-state index contributed by atoms with van der Waals surface area (Å²) in [4.78, 5) is 18.2. The molecule has 0 unspecified atom stereocenters. The highest BCUT2D eigenvalue weighted by Gasteiger charge is 2.23. The number of aromatic nitrogens is 2. The third kappa shape index (κ3) is 2.32. The molecule has 0 aliphatic rings. The summed E-state index contributed by atoms with van der Waals surface area (Å²) in [6.45, 7) is 6.34. The second-order valence-electron chi connectivity index (χ2n) is 3.87. The highest BCUT2D eigenvalue weighted by Crippen LogP contribution is 2.29. The van der Waals surface area contributed by atoms with Gasteiger partial charge in [-0.2, -0.15) is 0 Å². The van der Waals surface area contributed by atoms with Crippen molar-refractivity contribution in [2.45, 2.75) is 39.0 Å². The van der Waals surface area contributed by atoms with E-state index in [1.165, 1.54) is 0 Å². The lowest BCUT2D eigenvalue weighted by molar-refractivity contribution is 0.0683. The van der Waals surface area contributed by atoms with Crippen LogP contribution in [-0.2, 0) is 5.41 Å². The molecule has 0 saturated heterocycles. The maximum atomic E-state index is 10.6. The van der Waals surface area contributed by atoms with E-state index in [0.717, 1.165) is 18.4 Å². The Balaban J connectivity index is 3.02. The summed E-state index contributed by atoms with van der Waals surface area (Å²) in [6.07, 6.45) is 5.20. The Labute approximate surface area is 89.4 Å². The standard InChI is InChI=1S/C11H16N2O2/c1-4-11(3,5-2)8-6-12-9(10(14)15)13-7-8/h6-7H,4-5H2,1-3H3,(H,14,15). The van der Waals surface area contributed by atoms with E-state index in [0.29, 0.717) is 0 Å². The molecule has 0 aliphatic carbocycles. The smallest absolute Gasteiger partial charge is 0.373 e. The number of rotatable bonds is 4. The van der Waals surface area contributed by atoms with Crippen molar-refractivity contribution in [1.82, 2.24) is 9.97 Å². The van der Waals surface area contributed by atoms with Gasteiger partial charge in [0.25, 0.3) is 0 Å². The summed E-state index contributed by atoms with van der Waals surface area (Å²) in [5.74, 6) is -1.23. The van der Waals surface area contributed by atoms with Crippen molar-refractivity contribution in [3.8, 4) is 0 Å². The van der Waals surface area contributed by atoms with Crippen LogP contribution in [0.4, 0.5) is 0 Å². The summed E-state index contributed by atoms with van der Waals surface area (Å²) in [7, 11) is 0. The molecule has 0 bridgehead atoms. The predicted molar refractivity (Wildman–Crippen MR) is 56.9 cm³/mol. The maximum absolute atomic E-state index is 10.6. The van der Waals surface area contributed by atoms with Crippen LogP contribution in [0.1, 0.15) is 49.8 Å². The molecule has 1 rings (SSSR count). The van der Waals surface area contributed by atoms with Crippen molar-refractivity contribution in [3.05, 3.63) is 23.8 Å². The molecule has 0 spiro atoms. The number of hydrogen-bond donors (Lipinski definition) is 1. The van der Waals surface area contributed by atoms with Crippen LogP contribution in [0.2, 0.25) is 0 Å². The van der Waals surface area contributed by atoms with E-state index in [-0.39, 0.29) is 11.2 Å². The molecule has 0 aliphatic heterocycles. The molecule has 0 aromatic carbocycles. The topological polar surface area (TPSA) is 63.1 Å². The van der Waals surface area contributed by atoms with Gasteiger partial charge in [-0.15, -0.1) is 0 Å². The average Bonchev–Trinajstić information content (AvgIpc) is 2.28. The first-order valence-corrected chi connectivity index (χ1v) is 5.09. The van der Waals surface area contributed by atoms with E-state index in [1.54, 1.807) is 12.4 Å². The summed E-state index contributed by atoms with van der Waals surface area (Å²) in [6, 6.07) is 0. The molecular weight excluding hydrogens is 192 g/mol. The molecule has 0 fully saturated rings. The van der Waals surface area contributed by atoms with Gasteiger partial charge < -0.3 is 5.11 Å². The number of carbonyl (C=O) groups is 1. The van der Waals surface area contributed by atoms with Crippen molar-refractivity contribution in [2.24, 2.45) is 0 Å². The van der Waals surface area contributed by atoms with Gasteiger partial charge in [-0.25, -0.2) is 14.8 Å². The first-order chi connectivity index (χ1) is 7.03. The molecule has 1 aromatic heterocycles. The van der Waals surface area contributed by atoms with E-state index < -0.39 is 5.97 Å². The minimum atomic E-state index is -1.09. The summed E-state index contributed by atoms with van der Waals surface area (Å²) in [5.41, 5.74) is 1.04. The lowest BCUT2D eigenvalue weighted by Crippen LogP contribution is -2.20. The largest absolute Gasteiger partial charge is 0.475 e. The average molecular weight is 208 g/mol. The van der Waals surface area contributed by atoms with Crippen molar-refractivity contribution in [2.75, 3.05) is 0 Å². The Morgan fingerprint density at radius 3 is 2.13 bits per heavy atom. The zero-order valence-electron chi connectivity index (χ0n) is 9.32. The van der Waals surface area contributed by atoms with E-state index in [4.69, 9.17) is 5.11 Å². The minimum Gasteiger partial charge on any atom is -0.475 e. The second-order valence-corrected chi connectivity index (χ2v) is 3.87. The molecule has 4 heteroatoms. The number of hydrogen-bond acceptors (Lipinski definition) is 3. The van der Waals surface area contributed by atoms with Crippen molar-refractivity contribution in [3.63, 3.8) is 0 Å². The summed E-state index contributed by atoms with van der Waals surface area (Å²) < 4.78 is 0. The van der Waals surface area contributed by atoms with Crippen molar-refractivity contribution < 1.29 is 9.90 Å². The molecule has 0 radical (unpaired) electrons. The fourth-order valence-corrected chi connectivity index (χ4v) is 1.41. The molecule has 82 valence electrons.